The molecule has 110 valence electrons. The molecule has 1 aromatic heterocycles. The second kappa shape index (κ2) is 6.12. The van der Waals surface area contributed by atoms with Gasteiger partial charge < -0.3 is 4.98 Å². The van der Waals surface area contributed by atoms with Gasteiger partial charge in [-0.1, -0.05) is 43.2 Å². The minimum atomic E-state index is 0.537. The van der Waals surface area contributed by atoms with Crippen molar-refractivity contribution in [2.24, 2.45) is 0 Å². The summed E-state index contributed by atoms with van der Waals surface area (Å²) in [7, 11) is 0. The molecule has 1 heteroatoms. The molecule has 0 fully saturated rings. The van der Waals surface area contributed by atoms with Crippen LogP contribution in [-0.4, -0.2) is 4.98 Å². The largest absolute Gasteiger partial charge is 0.355 e. The summed E-state index contributed by atoms with van der Waals surface area (Å²) in [6.45, 7) is 4.48. The van der Waals surface area contributed by atoms with E-state index in [0.29, 0.717) is 5.92 Å². The summed E-state index contributed by atoms with van der Waals surface area (Å²) in [5.74, 6) is 3.06. The van der Waals surface area contributed by atoms with E-state index in [4.69, 9.17) is 6.42 Å². The Morgan fingerprint density at radius 1 is 1.36 bits per heavy atom. The van der Waals surface area contributed by atoms with Gasteiger partial charge in [0, 0.05) is 11.4 Å². The molecule has 1 unspecified atom stereocenters. The second-order valence-corrected chi connectivity index (χ2v) is 5.99. The van der Waals surface area contributed by atoms with Crippen LogP contribution < -0.4 is 0 Å². The first-order valence-corrected chi connectivity index (χ1v) is 7.79. The Bertz CT molecular complexity index is 770. The van der Waals surface area contributed by atoms with Crippen LogP contribution in [0.25, 0.3) is 12.2 Å². The van der Waals surface area contributed by atoms with Gasteiger partial charge in [-0.2, -0.15) is 0 Å². The van der Waals surface area contributed by atoms with Crippen molar-refractivity contribution in [2.75, 3.05) is 0 Å². The summed E-state index contributed by atoms with van der Waals surface area (Å²) >= 11 is 0. The highest BCUT2D eigenvalue weighted by Crippen LogP contribution is 2.40. The third-order valence-electron chi connectivity index (χ3n) is 4.42. The lowest BCUT2D eigenvalue weighted by atomic mass is 9.82. The van der Waals surface area contributed by atoms with Crippen molar-refractivity contribution in [1.29, 1.82) is 0 Å². The van der Waals surface area contributed by atoms with Crippen LogP contribution in [0.3, 0.4) is 0 Å². The number of hydrogen-bond donors (Lipinski definition) is 1. The first kappa shape index (κ1) is 14.5. The molecule has 0 radical (unpaired) electrons. The predicted octanol–water partition coefficient (Wildman–Crippen LogP) is 5.17. The van der Waals surface area contributed by atoms with Crippen LogP contribution in [0.15, 0.2) is 47.6 Å². The summed E-state index contributed by atoms with van der Waals surface area (Å²) in [5, 5.41) is 0. The highest BCUT2D eigenvalue weighted by atomic mass is 14.7. The normalized spacial score (nSPS) is 20.3. The van der Waals surface area contributed by atoms with E-state index < -0.39 is 0 Å². The number of H-pyrrole nitrogens is 1. The van der Waals surface area contributed by atoms with E-state index in [1.54, 1.807) is 6.08 Å². The number of terminal acetylenes is 1. The summed E-state index contributed by atoms with van der Waals surface area (Å²) in [6.07, 6.45) is 24.1. The van der Waals surface area contributed by atoms with Crippen molar-refractivity contribution in [3.63, 3.8) is 0 Å². The molecule has 1 aromatic rings. The van der Waals surface area contributed by atoms with Gasteiger partial charge in [-0.05, 0) is 66.2 Å². The van der Waals surface area contributed by atoms with Crippen molar-refractivity contribution < 1.29 is 0 Å². The molecule has 1 N–H and O–H groups in total. The zero-order valence-corrected chi connectivity index (χ0v) is 13.2. The first-order valence-electron chi connectivity index (χ1n) is 7.79. The maximum absolute atomic E-state index is 5.25. The van der Waals surface area contributed by atoms with Crippen LogP contribution in [-0.2, 0) is 6.42 Å². The SMILES string of the molecule is C#C/C=C\C=C(/C)C1=Cc2[nH]c3c(c2C(C)C1)CC=CC=C3. The maximum atomic E-state index is 5.25. The van der Waals surface area contributed by atoms with Crippen LogP contribution in [0.1, 0.15) is 48.7 Å². The van der Waals surface area contributed by atoms with Gasteiger partial charge in [0.05, 0.1) is 0 Å². The van der Waals surface area contributed by atoms with Crippen molar-refractivity contribution in [3.05, 3.63) is 70.1 Å². The van der Waals surface area contributed by atoms with Gasteiger partial charge in [0.2, 0.25) is 0 Å². The molecule has 0 spiro atoms. The Morgan fingerprint density at radius 2 is 2.23 bits per heavy atom. The van der Waals surface area contributed by atoms with Crippen LogP contribution in [0.5, 0.6) is 0 Å². The molecule has 22 heavy (non-hydrogen) atoms. The van der Waals surface area contributed by atoms with Crippen molar-refractivity contribution in [3.8, 4) is 12.3 Å². The fraction of sp³-hybridized carbons (Fsp3) is 0.238. The molecule has 2 aliphatic carbocycles. The number of aromatic amines is 1. The van der Waals surface area contributed by atoms with Gasteiger partial charge in [-0.3, -0.25) is 0 Å². The zero-order valence-electron chi connectivity index (χ0n) is 13.2. The maximum Gasteiger partial charge on any atom is 0.0426 e. The van der Waals surface area contributed by atoms with E-state index in [2.05, 4.69) is 61.2 Å². The number of allylic oxidation sites excluding steroid dienone is 8. The number of hydrogen-bond acceptors (Lipinski definition) is 0. The van der Waals surface area contributed by atoms with Gasteiger partial charge in [0.25, 0.3) is 0 Å². The molecule has 0 amide bonds. The summed E-state index contributed by atoms with van der Waals surface area (Å²) < 4.78 is 0. The summed E-state index contributed by atoms with van der Waals surface area (Å²) in [5.41, 5.74) is 8.14. The van der Waals surface area contributed by atoms with E-state index in [0.717, 1.165) is 12.8 Å². The molecule has 1 nitrogen and oxygen atoms in total. The minimum absolute atomic E-state index is 0.537. The topological polar surface area (TPSA) is 15.8 Å². The Morgan fingerprint density at radius 3 is 3.05 bits per heavy atom. The van der Waals surface area contributed by atoms with Gasteiger partial charge >= 0.3 is 0 Å². The first-order chi connectivity index (χ1) is 10.7. The summed E-state index contributed by atoms with van der Waals surface area (Å²) in [6, 6.07) is 0. The highest BCUT2D eigenvalue weighted by Gasteiger charge is 2.24. The molecular formula is C21H21N. The summed E-state index contributed by atoms with van der Waals surface area (Å²) in [4.78, 5) is 3.60. The van der Waals surface area contributed by atoms with E-state index in [9.17, 15) is 0 Å². The van der Waals surface area contributed by atoms with E-state index in [1.165, 1.54) is 33.7 Å². The van der Waals surface area contributed by atoms with Crippen LogP contribution in [0.4, 0.5) is 0 Å². The van der Waals surface area contributed by atoms with Gasteiger partial charge in [0.1, 0.15) is 0 Å². The van der Waals surface area contributed by atoms with Gasteiger partial charge in [0.15, 0.2) is 0 Å². The van der Waals surface area contributed by atoms with Crippen molar-refractivity contribution in [2.45, 2.75) is 32.6 Å². The average molecular weight is 287 g/mol. The number of nitrogens with one attached hydrogen (secondary N) is 1. The molecule has 1 atom stereocenters. The van der Waals surface area contributed by atoms with E-state index in [1.807, 2.05) is 6.08 Å². The lowest BCUT2D eigenvalue weighted by Gasteiger charge is -2.22. The molecule has 1 heterocycles. The molecule has 0 aliphatic heterocycles. The standard InChI is InChI=1S/C21H21N/c1-4-5-7-10-15(2)17-13-16(3)21-18-11-8-6-9-12-19(18)22-20(21)14-17/h1,5-10,12,14,16,22H,11,13H2,2-3H3/b7-5-,15-10+. The van der Waals surface area contributed by atoms with Crippen molar-refractivity contribution >= 4 is 12.2 Å². The van der Waals surface area contributed by atoms with Gasteiger partial charge in [-0.15, -0.1) is 6.42 Å². The molecule has 2 aliphatic rings. The fourth-order valence-electron chi connectivity index (χ4n) is 3.35. The Labute approximate surface area is 132 Å². The Hall–Kier alpha value is -2.46. The zero-order chi connectivity index (χ0) is 15.5. The fourth-order valence-corrected chi connectivity index (χ4v) is 3.35. The molecular weight excluding hydrogens is 266 g/mol. The van der Waals surface area contributed by atoms with Crippen LogP contribution in [0, 0.1) is 12.3 Å². The quantitative estimate of drug-likeness (QED) is 0.571. The Balaban J connectivity index is 2.01. The highest BCUT2D eigenvalue weighted by molar-refractivity contribution is 5.69. The molecule has 3 rings (SSSR count). The average Bonchev–Trinajstić information content (AvgIpc) is 2.70. The predicted molar refractivity (Wildman–Crippen MR) is 95.4 cm³/mol. The number of rotatable bonds is 2. The Kier molecular flexibility index (Phi) is 4.02. The van der Waals surface area contributed by atoms with Gasteiger partial charge in [-0.25, -0.2) is 0 Å². The molecule has 0 aromatic carbocycles. The third-order valence-corrected chi connectivity index (χ3v) is 4.42. The number of fused-ring (bicyclic) bond motifs is 3. The molecule has 0 saturated heterocycles. The third kappa shape index (κ3) is 2.65. The number of aromatic nitrogens is 1. The van der Waals surface area contributed by atoms with Crippen molar-refractivity contribution in [1.82, 2.24) is 4.98 Å². The smallest absolute Gasteiger partial charge is 0.0426 e. The monoisotopic (exact) mass is 287 g/mol. The van der Waals surface area contributed by atoms with Crippen LogP contribution >= 0.6 is 0 Å². The lowest BCUT2D eigenvalue weighted by molar-refractivity contribution is 0.739. The lowest BCUT2D eigenvalue weighted by Crippen LogP contribution is -2.06. The molecule has 0 bridgehead atoms. The minimum Gasteiger partial charge on any atom is -0.355 e. The van der Waals surface area contributed by atoms with Crippen LogP contribution in [0.2, 0.25) is 0 Å². The van der Waals surface area contributed by atoms with E-state index in [-0.39, 0.29) is 0 Å². The van der Waals surface area contributed by atoms with E-state index >= 15 is 0 Å². The molecule has 0 saturated carbocycles. The second-order valence-electron chi connectivity index (χ2n) is 5.99.